The van der Waals surface area contributed by atoms with E-state index in [0.29, 0.717) is 17.8 Å². The molecule has 0 unspecified atom stereocenters. The van der Waals surface area contributed by atoms with Gasteiger partial charge in [0.05, 0.1) is 11.4 Å². The van der Waals surface area contributed by atoms with E-state index in [2.05, 4.69) is 27.5 Å². The summed E-state index contributed by atoms with van der Waals surface area (Å²) in [7, 11) is 1.90. The normalized spacial score (nSPS) is 16.3. The summed E-state index contributed by atoms with van der Waals surface area (Å²) in [5.41, 5.74) is 1.26. The van der Waals surface area contributed by atoms with Crippen LogP contribution in [0.4, 0.5) is 5.82 Å². The van der Waals surface area contributed by atoms with Gasteiger partial charge in [0.15, 0.2) is 0 Å². The van der Waals surface area contributed by atoms with E-state index in [4.69, 9.17) is 5.41 Å². The highest BCUT2D eigenvalue weighted by Gasteiger charge is 2.20. The molecule has 0 bridgehead atoms. The average molecular weight is 247 g/mol. The van der Waals surface area contributed by atoms with E-state index in [0.717, 1.165) is 18.3 Å². The fourth-order valence-corrected chi connectivity index (χ4v) is 1.70. The minimum atomic E-state index is 0.287. The summed E-state index contributed by atoms with van der Waals surface area (Å²) in [5, 5.41) is 14.5. The molecule has 1 saturated carbocycles. The second-order valence-electron chi connectivity index (χ2n) is 4.99. The summed E-state index contributed by atoms with van der Waals surface area (Å²) in [4.78, 5) is 8.35. The third-order valence-corrected chi connectivity index (χ3v) is 3.25. The molecular formula is C13H21N5. The zero-order valence-corrected chi connectivity index (χ0v) is 11.0. The number of rotatable bonds is 7. The number of hydrogen-bond acceptors (Lipinski definition) is 5. The maximum atomic E-state index is 8.03. The van der Waals surface area contributed by atoms with E-state index < -0.39 is 0 Å². The molecule has 1 heterocycles. The van der Waals surface area contributed by atoms with Crippen molar-refractivity contribution in [1.82, 2.24) is 15.3 Å². The van der Waals surface area contributed by atoms with Crippen molar-refractivity contribution in [2.45, 2.75) is 32.2 Å². The molecule has 0 radical (unpaired) electrons. The molecule has 98 valence electrons. The SMILES string of the molecule is CN[C@H](C)CC(=N)c1cc(NCC2CC2)ncn1. The van der Waals surface area contributed by atoms with Crippen LogP contribution in [0.15, 0.2) is 12.4 Å². The summed E-state index contributed by atoms with van der Waals surface area (Å²) in [6.45, 7) is 3.04. The molecule has 0 aliphatic heterocycles. The van der Waals surface area contributed by atoms with Gasteiger partial charge < -0.3 is 16.0 Å². The van der Waals surface area contributed by atoms with Crippen LogP contribution in [0.2, 0.25) is 0 Å². The topological polar surface area (TPSA) is 73.7 Å². The van der Waals surface area contributed by atoms with Gasteiger partial charge in [0, 0.05) is 25.1 Å². The number of nitrogens with zero attached hydrogens (tertiary/aromatic N) is 2. The minimum absolute atomic E-state index is 0.287. The van der Waals surface area contributed by atoms with Gasteiger partial charge >= 0.3 is 0 Å². The lowest BCUT2D eigenvalue weighted by Gasteiger charge is -2.11. The molecule has 1 fully saturated rings. The first-order chi connectivity index (χ1) is 8.69. The molecule has 0 amide bonds. The van der Waals surface area contributed by atoms with Crippen molar-refractivity contribution in [1.29, 1.82) is 5.41 Å². The first-order valence-corrected chi connectivity index (χ1v) is 6.50. The van der Waals surface area contributed by atoms with Crippen molar-refractivity contribution in [2.24, 2.45) is 5.92 Å². The first-order valence-electron chi connectivity index (χ1n) is 6.50. The summed E-state index contributed by atoms with van der Waals surface area (Å²) < 4.78 is 0. The Bertz CT molecular complexity index is 414. The third-order valence-electron chi connectivity index (χ3n) is 3.25. The Hall–Kier alpha value is -1.49. The predicted octanol–water partition coefficient (Wildman–Crippen LogP) is 1.66. The second kappa shape index (κ2) is 5.91. The second-order valence-corrected chi connectivity index (χ2v) is 4.99. The molecule has 2 rings (SSSR count). The van der Waals surface area contributed by atoms with Crippen molar-refractivity contribution >= 4 is 11.5 Å². The molecule has 1 atom stereocenters. The lowest BCUT2D eigenvalue weighted by molar-refractivity contribution is 0.632. The van der Waals surface area contributed by atoms with Crippen LogP contribution in [0.5, 0.6) is 0 Å². The zero-order valence-electron chi connectivity index (χ0n) is 11.0. The van der Waals surface area contributed by atoms with Crippen molar-refractivity contribution in [3.8, 4) is 0 Å². The Labute approximate surface area is 108 Å². The number of anilines is 1. The number of nitrogens with one attached hydrogen (secondary N) is 3. The molecule has 0 saturated heterocycles. The van der Waals surface area contributed by atoms with Gasteiger partial charge in [-0.05, 0) is 32.7 Å². The van der Waals surface area contributed by atoms with E-state index in [-0.39, 0.29) is 6.04 Å². The Kier molecular flexibility index (Phi) is 4.25. The van der Waals surface area contributed by atoms with Gasteiger partial charge in [-0.2, -0.15) is 0 Å². The molecule has 0 aromatic carbocycles. The molecule has 1 aromatic heterocycles. The highest BCUT2D eigenvalue weighted by Crippen LogP contribution is 2.28. The summed E-state index contributed by atoms with van der Waals surface area (Å²) >= 11 is 0. The van der Waals surface area contributed by atoms with E-state index in [1.54, 1.807) is 0 Å². The summed E-state index contributed by atoms with van der Waals surface area (Å²) in [6, 6.07) is 2.16. The standard InChI is InChI=1S/C13H21N5/c1-9(15-2)5-11(14)12-6-13(18-8-17-12)16-7-10-3-4-10/h6,8-10,14-15H,3-5,7H2,1-2H3,(H,16,17,18)/t9-/m1/s1. The van der Waals surface area contributed by atoms with E-state index in [1.807, 2.05) is 13.1 Å². The monoisotopic (exact) mass is 247 g/mol. The van der Waals surface area contributed by atoms with Crippen molar-refractivity contribution in [3.63, 3.8) is 0 Å². The van der Waals surface area contributed by atoms with Gasteiger partial charge in [-0.25, -0.2) is 9.97 Å². The molecule has 0 spiro atoms. The summed E-state index contributed by atoms with van der Waals surface area (Å²) in [5.74, 6) is 1.64. The fraction of sp³-hybridized carbons (Fsp3) is 0.615. The van der Waals surface area contributed by atoms with Crippen LogP contribution in [0, 0.1) is 11.3 Å². The third kappa shape index (κ3) is 3.77. The molecule has 3 N–H and O–H groups in total. The molecule has 1 aliphatic rings. The van der Waals surface area contributed by atoms with Crippen molar-refractivity contribution < 1.29 is 0 Å². The van der Waals surface area contributed by atoms with Crippen LogP contribution in [-0.4, -0.2) is 35.3 Å². The maximum absolute atomic E-state index is 8.03. The van der Waals surface area contributed by atoms with Gasteiger partial charge in [0.25, 0.3) is 0 Å². The molecule has 5 heteroatoms. The summed E-state index contributed by atoms with van der Waals surface area (Å²) in [6.07, 6.45) is 4.85. The molecule has 1 aromatic rings. The van der Waals surface area contributed by atoms with Crippen LogP contribution in [0.25, 0.3) is 0 Å². The Balaban J connectivity index is 1.94. The highest BCUT2D eigenvalue weighted by atomic mass is 15.0. The number of hydrogen-bond donors (Lipinski definition) is 3. The number of aromatic nitrogens is 2. The molecular weight excluding hydrogens is 226 g/mol. The van der Waals surface area contributed by atoms with Crippen LogP contribution >= 0.6 is 0 Å². The highest BCUT2D eigenvalue weighted by molar-refractivity contribution is 5.97. The Morgan fingerprint density at radius 1 is 1.50 bits per heavy atom. The molecule has 1 aliphatic carbocycles. The zero-order chi connectivity index (χ0) is 13.0. The van der Waals surface area contributed by atoms with E-state index >= 15 is 0 Å². The first kappa shape index (κ1) is 13.0. The van der Waals surface area contributed by atoms with Crippen LogP contribution in [-0.2, 0) is 0 Å². The fourth-order valence-electron chi connectivity index (χ4n) is 1.70. The lowest BCUT2D eigenvalue weighted by atomic mass is 10.1. The van der Waals surface area contributed by atoms with Gasteiger partial charge in [0.1, 0.15) is 12.1 Å². The minimum Gasteiger partial charge on any atom is -0.370 e. The van der Waals surface area contributed by atoms with Gasteiger partial charge in [-0.15, -0.1) is 0 Å². The molecule has 5 nitrogen and oxygen atoms in total. The van der Waals surface area contributed by atoms with E-state index in [1.165, 1.54) is 19.2 Å². The van der Waals surface area contributed by atoms with Crippen LogP contribution in [0.1, 0.15) is 31.9 Å². The van der Waals surface area contributed by atoms with E-state index in [9.17, 15) is 0 Å². The largest absolute Gasteiger partial charge is 0.370 e. The van der Waals surface area contributed by atoms with Gasteiger partial charge in [0.2, 0.25) is 0 Å². The van der Waals surface area contributed by atoms with Gasteiger partial charge in [-0.1, -0.05) is 0 Å². The average Bonchev–Trinajstić information content (AvgIpc) is 3.20. The van der Waals surface area contributed by atoms with Crippen molar-refractivity contribution in [3.05, 3.63) is 18.1 Å². The van der Waals surface area contributed by atoms with Crippen LogP contribution in [0.3, 0.4) is 0 Å². The predicted molar refractivity (Wildman–Crippen MR) is 73.2 cm³/mol. The maximum Gasteiger partial charge on any atom is 0.130 e. The Morgan fingerprint density at radius 2 is 2.28 bits per heavy atom. The lowest BCUT2D eigenvalue weighted by Crippen LogP contribution is -2.25. The van der Waals surface area contributed by atoms with Crippen LogP contribution < -0.4 is 10.6 Å². The Morgan fingerprint density at radius 3 is 2.94 bits per heavy atom. The quantitative estimate of drug-likeness (QED) is 0.641. The molecule has 18 heavy (non-hydrogen) atoms. The smallest absolute Gasteiger partial charge is 0.130 e. The van der Waals surface area contributed by atoms with Gasteiger partial charge in [-0.3, -0.25) is 0 Å². The van der Waals surface area contributed by atoms with Crippen molar-refractivity contribution in [2.75, 3.05) is 18.9 Å².